The number of hydrogen-bond acceptors (Lipinski definition) is 2. The van der Waals surface area contributed by atoms with E-state index in [1.165, 1.54) is 6.08 Å². The summed E-state index contributed by atoms with van der Waals surface area (Å²) in [7, 11) is 1.89. The fraction of sp³-hybridized carbons (Fsp3) is 0.200. The van der Waals surface area contributed by atoms with Gasteiger partial charge in [0.25, 0.3) is 0 Å². The standard InChI is InChI=1S/C15H16BrN3O/c1-10-14(11(2)19(3)18-10)7-8-15(20)17-13-6-4-5-12(16)9-13/h4-9H,1-3H3,(H,17,20). The van der Waals surface area contributed by atoms with Crippen LogP contribution >= 0.6 is 15.9 Å². The Morgan fingerprint density at radius 3 is 2.75 bits per heavy atom. The molecule has 0 aliphatic rings. The van der Waals surface area contributed by atoms with E-state index in [4.69, 9.17) is 0 Å². The molecule has 0 saturated carbocycles. The van der Waals surface area contributed by atoms with Gasteiger partial charge >= 0.3 is 0 Å². The molecule has 104 valence electrons. The zero-order valence-electron chi connectivity index (χ0n) is 11.6. The third-order valence-corrected chi connectivity index (χ3v) is 3.55. The van der Waals surface area contributed by atoms with Crippen molar-refractivity contribution < 1.29 is 4.79 Å². The summed E-state index contributed by atoms with van der Waals surface area (Å²) in [6.07, 6.45) is 3.32. The molecule has 4 nitrogen and oxygen atoms in total. The van der Waals surface area contributed by atoms with Gasteiger partial charge in [0, 0.05) is 34.5 Å². The van der Waals surface area contributed by atoms with Crippen LogP contribution in [0.1, 0.15) is 17.0 Å². The first-order valence-electron chi connectivity index (χ1n) is 6.22. The Morgan fingerprint density at radius 2 is 2.15 bits per heavy atom. The number of hydrogen-bond donors (Lipinski definition) is 1. The highest BCUT2D eigenvalue weighted by molar-refractivity contribution is 9.10. The minimum atomic E-state index is -0.161. The normalized spacial score (nSPS) is 11.0. The molecule has 1 N–H and O–H groups in total. The van der Waals surface area contributed by atoms with E-state index < -0.39 is 0 Å². The molecule has 1 amide bonds. The summed E-state index contributed by atoms with van der Waals surface area (Å²) in [5.74, 6) is -0.161. The zero-order chi connectivity index (χ0) is 14.7. The Bertz CT molecular complexity index is 674. The summed E-state index contributed by atoms with van der Waals surface area (Å²) in [6, 6.07) is 7.48. The van der Waals surface area contributed by atoms with Crippen molar-refractivity contribution in [3.63, 3.8) is 0 Å². The van der Waals surface area contributed by atoms with Crippen LogP contribution in [0, 0.1) is 13.8 Å². The van der Waals surface area contributed by atoms with E-state index in [0.717, 1.165) is 27.1 Å². The minimum Gasteiger partial charge on any atom is -0.322 e. The first-order valence-corrected chi connectivity index (χ1v) is 7.01. The molecular formula is C15H16BrN3O. The van der Waals surface area contributed by atoms with Gasteiger partial charge in [-0.2, -0.15) is 5.10 Å². The lowest BCUT2D eigenvalue weighted by molar-refractivity contribution is -0.111. The lowest BCUT2D eigenvalue weighted by Gasteiger charge is -2.02. The van der Waals surface area contributed by atoms with Gasteiger partial charge in [-0.1, -0.05) is 22.0 Å². The van der Waals surface area contributed by atoms with Crippen LogP contribution in [0.25, 0.3) is 6.08 Å². The van der Waals surface area contributed by atoms with Crippen molar-refractivity contribution in [2.75, 3.05) is 5.32 Å². The second kappa shape index (κ2) is 6.05. The minimum absolute atomic E-state index is 0.161. The van der Waals surface area contributed by atoms with Crippen LogP contribution in [-0.2, 0) is 11.8 Å². The number of carbonyl (C=O) groups is 1. The lowest BCUT2D eigenvalue weighted by atomic mass is 10.2. The molecule has 0 saturated heterocycles. The van der Waals surface area contributed by atoms with Crippen LogP contribution in [0.5, 0.6) is 0 Å². The molecule has 1 aromatic heterocycles. The second-order valence-electron chi connectivity index (χ2n) is 4.54. The maximum absolute atomic E-state index is 11.9. The van der Waals surface area contributed by atoms with Crippen LogP contribution in [0.15, 0.2) is 34.8 Å². The predicted molar refractivity (Wildman–Crippen MR) is 84.5 cm³/mol. The Labute approximate surface area is 126 Å². The highest BCUT2D eigenvalue weighted by atomic mass is 79.9. The van der Waals surface area contributed by atoms with Gasteiger partial charge in [0.2, 0.25) is 5.91 Å². The van der Waals surface area contributed by atoms with Gasteiger partial charge < -0.3 is 5.32 Å². The molecule has 0 radical (unpaired) electrons. The lowest BCUT2D eigenvalue weighted by Crippen LogP contribution is -2.07. The fourth-order valence-electron chi connectivity index (χ4n) is 1.94. The van der Waals surface area contributed by atoms with E-state index in [2.05, 4.69) is 26.3 Å². The van der Waals surface area contributed by atoms with E-state index in [0.29, 0.717) is 0 Å². The number of amides is 1. The molecule has 20 heavy (non-hydrogen) atoms. The van der Waals surface area contributed by atoms with Gasteiger partial charge in [-0.05, 0) is 38.1 Å². The number of nitrogens with zero attached hydrogens (tertiary/aromatic N) is 2. The van der Waals surface area contributed by atoms with Crippen molar-refractivity contribution in [2.45, 2.75) is 13.8 Å². The molecule has 0 spiro atoms. The molecule has 2 rings (SSSR count). The Morgan fingerprint density at radius 1 is 1.40 bits per heavy atom. The highest BCUT2D eigenvalue weighted by Gasteiger charge is 2.06. The van der Waals surface area contributed by atoms with Gasteiger partial charge in [0.15, 0.2) is 0 Å². The number of carbonyl (C=O) groups excluding carboxylic acids is 1. The summed E-state index contributed by atoms with van der Waals surface area (Å²) in [4.78, 5) is 11.9. The van der Waals surface area contributed by atoms with Crippen LogP contribution in [0.4, 0.5) is 5.69 Å². The SMILES string of the molecule is Cc1nn(C)c(C)c1C=CC(=O)Nc1cccc(Br)c1. The van der Waals surface area contributed by atoms with Crippen LogP contribution in [0.2, 0.25) is 0 Å². The smallest absolute Gasteiger partial charge is 0.248 e. The number of anilines is 1. The van der Waals surface area contributed by atoms with Gasteiger partial charge in [-0.25, -0.2) is 0 Å². The molecule has 0 bridgehead atoms. The molecule has 0 atom stereocenters. The average Bonchev–Trinajstić information content (AvgIpc) is 2.61. The highest BCUT2D eigenvalue weighted by Crippen LogP contribution is 2.16. The largest absolute Gasteiger partial charge is 0.322 e. The summed E-state index contributed by atoms with van der Waals surface area (Å²) < 4.78 is 2.74. The van der Waals surface area contributed by atoms with Crippen molar-refractivity contribution in [2.24, 2.45) is 7.05 Å². The first-order chi connectivity index (χ1) is 9.47. The molecule has 1 heterocycles. The van der Waals surface area contributed by atoms with Crippen LogP contribution in [-0.4, -0.2) is 15.7 Å². The number of rotatable bonds is 3. The molecule has 2 aromatic rings. The second-order valence-corrected chi connectivity index (χ2v) is 5.46. The molecule has 0 unspecified atom stereocenters. The molecule has 0 fully saturated rings. The average molecular weight is 334 g/mol. The van der Waals surface area contributed by atoms with E-state index in [1.807, 2.05) is 45.2 Å². The fourth-order valence-corrected chi connectivity index (χ4v) is 2.34. The summed E-state index contributed by atoms with van der Waals surface area (Å²) >= 11 is 3.37. The molecular weight excluding hydrogens is 318 g/mol. The number of nitrogens with one attached hydrogen (secondary N) is 1. The molecule has 0 aliphatic heterocycles. The molecule has 5 heteroatoms. The summed E-state index contributed by atoms with van der Waals surface area (Å²) in [6.45, 7) is 3.91. The summed E-state index contributed by atoms with van der Waals surface area (Å²) in [5.41, 5.74) is 3.69. The van der Waals surface area contributed by atoms with Crippen molar-refractivity contribution in [3.8, 4) is 0 Å². The Hall–Kier alpha value is -1.88. The van der Waals surface area contributed by atoms with E-state index in [1.54, 1.807) is 10.8 Å². The molecule has 1 aromatic carbocycles. The molecule has 0 aliphatic carbocycles. The Kier molecular flexibility index (Phi) is 4.39. The number of halogens is 1. The third kappa shape index (κ3) is 3.36. The quantitative estimate of drug-likeness (QED) is 0.874. The van der Waals surface area contributed by atoms with Crippen LogP contribution < -0.4 is 5.32 Å². The number of aromatic nitrogens is 2. The summed E-state index contributed by atoms with van der Waals surface area (Å²) in [5, 5.41) is 7.13. The van der Waals surface area contributed by atoms with E-state index >= 15 is 0 Å². The first kappa shape index (κ1) is 14.5. The number of aryl methyl sites for hydroxylation is 2. The van der Waals surface area contributed by atoms with Gasteiger partial charge in [0.1, 0.15) is 0 Å². The van der Waals surface area contributed by atoms with Gasteiger partial charge in [-0.3, -0.25) is 9.48 Å². The van der Waals surface area contributed by atoms with Crippen molar-refractivity contribution in [1.82, 2.24) is 9.78 Å². The topological polar surface area (TPSA) is 46.9 Å². The van der Waals surface area contributed by atoms with E-state index in [9.17, 15) is 4.79 Å². The van der Waals surface area contributed by atoms with Crippen molar-refractivity contribution in [1.29, 1.82) is 0 Å². The third-order valence-electron chi connectivity index (χ3n) is 3.06. The maximum Gasteiger partial charge on any atom is 0.248 e. The van der Waals surface area contributed by atoms with Crippen LogP contribution in [0.3, 0.4) is 0 Å². The van der Waals surface area contributed by atoms with Crippen molar-refractivity contribution >= 4 is 33.6 Å². The zero-order valence-corrected chi connectivity index (χ0v) is 13.2. The van der Waals surface area contributed by atoms with Gasteiger partial charge in [0.05, 0.1) is 5.69 Å². The van der Waals surface area contributed by atoms with Gasteiger partial charge in [-0.15, -0.1) is 0 Å². The Balaban J connectivity index is 2.10. The van der Waals surface area contributed by atoms with E-state index in [-0.39, 0.29) is 5.91 Å². The number of benzene rings is 1. The monoisotopic (exact) mass is 333 g/mol. The maximum atomic E-state index is 11.9. The van der Waals surface area contributed by atoms with Crippen molar-refractivity contribution in [3.05, 3.63) is 51.8 Å². The predicted octanol–water partition coefficient (Wildman–Crippen LogP) is 3.45.